The molecule has 3 aromatic rings. The van der Waals surface area contributed by atoms with Gasteiger partial charge in [-0.3, -0.25) is 4.79 Å². The van der Waals surface area contributed by atoms with Gasteiger partial charge in [-0.05, 0) is 59.9 Å². The number of nitrogens with two attached hydrogens (primary N) is 1. The Morgan fingerprint density at radius 2 is 1.68 bits per heavy atom. The number of hydrogen-bond acceptors (Lipinski definition) is 5. The van der Waals surface area contributed by atoms with Crippen molar-refractivity contribution < 1.29 is 28.2 Å². The van der Waals surface area contributed by atoms with Crippen molar-refractivity contribution >= 4 is 5.91 Å². The van der Waals surface area contributed by atoms with Crippen LogP contribution in [0.1, 0.15) is 40.4 Å². The molecular formula is C29H32F2N2O4. The van der Waals surface area contributed by atoms with Crippen LogP contribution in [0.5, 0.6) is 11.5 Å². The normalized spacial score (nSPS) is 14.5. The van der Waals surface area contributed by atoms with Gasteiger partial charge in [0.25, 0.3) is 5.91 Å². The molecule has 1 heterocycles. The first-order valence-electron chi connectivity index (χ1n) is 12.5. The third kappa shape index (κ3) is 7.05. The van der Waals surface area contributed by atoms with Crippen LogP contribution in [-0.4, -0.2) is 47.8 Å². The predicted molar refractivity (Wildman–Crippen MR) is 137 cm³/mol. The number of fused-ring (bicyclic) bond motifs is 1. The Hall–Kier alpha value is -3.49. The van der Waals surface area contributed by atoms with E-state index in [1.165, 1.54) is 17.0 Å². The Balaban J connectivity index is 1.56. The van der Waals surface area contributed by atoms with Gasteiger partial charge in [0.1, 0.15) is 11.6 Å². The zero-order chi connectivity index (χ0) is 26.4. The highest BCUT2D eigenvalue weighted by Crippen LogP contribution is 2.31. The maximum Gasteiger partial charge on any atom is 0.254 e. The van der Waals surface area contributed by atoms with Crippen molar-refractivity contribution in [2.45, 2.75) is 44.9 Å². The Labute approximate surface area is 215 Å². The minimum atomic E-state index is -1.13. The summed E-state index contributed by atoms with van der Waals surface area (Å²) in [6.45, 7) is 3.27. The van der Waals surface area contributed by atoms with Crippen LogP contribution in [0.25, 0.3) is 0 Å². The van der Waals surface area contributed by atoms with Gasteiger partial charge in [-0.1, -0.05) is 31.2 Å². The van der Waals surface area contributed by atoms with E-state index < -0.39 is 23.8 Å². The minimum absolute atomic E-state index is 0.0488. The number of nitrogens with zero attached hydrogens (tertiary/aromatic N) is 1. The van der Waals surface area contributed by atoms with Crippen molar-refractivity contribution in [3.63, 3.8) is 0 Å². The molecule has 0 unspecified atom stereocenters. The lowest BCUT2D eigenvalue weighted by Gasteiger charge is -2.29. The molecule has 1 amide bonds. The molecule has 196 valence electrons. The van der Waals surface area contributed by atoms with E-state index in [4.69, 9.17) is 15.2 Å². The molecular weight excluding hydrogens is 478 g/mol. The predicted octanol–water partition coefficient (Wildman–Crippen LogP) is 4.26. The monoisotopic (exact) mass is 510 g/mol. The van der Waals surface area contributed by atoms with E-state index in [1.807, 2.05) is 24.3 Å². The average Bonchev–Trinajstić information content (AvgIpc) is 3.12. The molecule has 2 atom stereocenters. The maximum absolute atomic E-state index is 13.7. The van der Waals surface area contributed by atoms with Crippen LogP contribution in [0, 0.1) is 11.6 Å². The third-order valence-electron chi connectivity index (χ3n) is 6.35. The van der Waals surface area contributed by atoms with Crippen LogP contribution in [0.15, 0.2) is 60.7 Å². The van der Waals surface area contributed by atoms with Crippen LogP contribution in [0.4, 0.5) is 8.78 Å². The average molecular weight is 511 g/mol. The van der Waals surface area contributed by atoms with Gasteiger partial charge in [-0.15, -0.1) is 0 Å². The molecule has 0 aromatic heterocycles. The topological polar surface area (TPSA) is 85.0 Å². The van der Waals surface area contributed by atoms with E-state index in [2.05, 4.69) is 6.92 Å². The number of rotatable bonds is 9. The molecule has 0 saturated heterocycles. The lowest BCUT2D eigenvalue weighted by Crippen LogP contribution is -2.46. The summed E-state index contributed by atoms with van der Waals surface area (Å²) in [6, 6.07) is 15.3. The fourth-order valence-electron chi connectivity index (χ4n) is 4.36. The van der Waals surface area contributed by atoms with Crippen LogP contribution in [0.2, 0.25) is 0 Å². The number of aryl methyl sites for hydroxylation is 1. The SMILES string of the molecule is CCc1cccc(CN(C[C@@H](O)[C@@H](N)Cc2cc(F)cc(F)c2)C(=O)c2ccc3c(c2)OCCCO3)c1. The number of aliphatic hydroxyl groups is 1. The second-order valence-electron chi connectivity index (χ2n) is 9.28. The summed E-state index contributed by atoms with van der Waals surface area (Å²) in [4.78, 5) is 15.2. The van der Waals surface area contributed by atoms with E-state index in [-0.39, 0.29) is 25.4 Å². The Bertz CT molecular complexity index is 1220. The summed E-state index contributed by atoms with van der Waals surface area (Å²) in [5, 5.41) is 10.9. The number of amides is 1. The number of ether oxygens (including phenoxy) is 2. The second kappa shape index (κ2) is 12.2. The van der Waals surface area contributed by atoms with E-state index in [1.54, 1.807) is 18.2 Å². The first kappa shape index (κ1) is 26.6. The van der Waals surface area contributed by atoms with E-state index in [0.29, 0.717) is 35.8 Å². The van der Waals surface area contributed by atoms with Gasteiger partial charge in [-0.25, -0.2) is 8.78 Å². The number of halogens is 2. The third-order valence-corrected chi connectivity index (χ3v) is 6.35. The molecule has 0 spiro atoms. The van der Waals surface area contributed by atoms with Gasteiger partial charge in [-0.2, -0.15) is 0 Å². The van der Waals surface area contributed by atoms with Crippen LogP contribution in [0.3, 0.4) is 0 Å². The van der Waals surface area contributed by atoms with Crippen molar-refractivity contribution in [3.8, 4) is 11.5 Å². The number of aliphatic hydroxyl groups excluding tert-OH is 1. The Kier molecular flexibility index (Phi) is 8.74. The molecule has 0 radical (unpaired) electrons. The molecule has 0 bridgehead atoms. The number of hydrogen-bond donors (Lipinski definition) is 2. The van der Waals surface area contributed by atoms with E-state index >= 15 is 0 Å². The second-order valence-corrected chi connectivity index (χ2v) is 9.28. The van der Waals surface area contributed by atoms with Gasteiger partial charge in [0.15, 0.2) is 11.5 Å². The molecule has 1 aliphatic rings. The quantitative estimate of drug-likeness (QED) is 0.449. The first-order chi connectivity index (χ1) is 17.8. The van der Waals surface area contributed by atoms with Crippen molar-refractivity contribution in [3.05, 3.63) is 94.6 Å². The van der Waals surface area contributed by atoms with Crippen molar-refractivity contribution in [1.82, 2.24) is 4.90 Å². The number of carbonyl (C=O) groups excluding carboxylic acids is 1. The number of benzene rings is 3. The van der Waals surface area contributed by atoms with Crippen LogP contribution < -0.4 is 15.2 Å². The smallest absolute Gasteiger partial charge is 0.254 e. The van der Waals surface area contributed by atoms with Crippen LogP contribution >= 0.6 is 0 Å². The lowest BCUT2D eigenvalue weighted by molar-refractivity contribution is 0.0554. The van der Waals surface area contributed by atoms with Crippen molar-refractivity contribution in [1.29, 1.82) is 0 Å². The van der Waals surface area contributed by atoms with Gasteiger partial charge < -0.3 is 25.2 Å². The summed E-state index contributed by atoms with van der Waals surface area (Å²) in [6.07, 6.45) is 0.511. The van der Waals surface area contributed by atoms with Gasteiger partial charge in [0.05, 0.1) is 19.3 Å². The molecule has 3 aromatic carbocycles. The summed E-state index contributed by atoms with van der Waals surface area (Å²) in [7, 11) is 0. The molecule has 0 fully saturated rings. The van der Waals surface area contributed by atoms with Crippen molar-refractivity contribution in [2.24, 2.45) is 5.73 Å². The van der Waals surface area contributed by atoms with E-state index in [0.717, 1.165) is 30.0 Å². The van der Waals surface area contributed by atoms with E-state index in [9.17, 15) is 18.7 Å². The summed E-state index contributed by atoms with van der Waals surface area (Å²) >= 11 is 0. The fourth-order valence-corrected chi connectivity index (χ4v) is 4.36. The zero-order valence-electron chi connectivity index (χ0n) is 20.8. The minimum Gasteiger partial charge on any atom is -0.490 e. The Morgan fingerprint density at radius 3 is 2.41 bits per heavy atom. The van der Waals surface area contributed by atoms with Crippen LogP contribution in [-0.2, 0) is 19.4 Å². The molecule has 8 heteroatoms. The highest BCUT2D eigenvalue weighted by molar-refractivity contribution is 5.95. The van der Waals surface area contributed by atoms with Crippen molar-refractivity contribution in [2.75, 3.05) is 19.8 Å². The maximum atomic E-state index is 13.7. The molecule has 4 rings (SSSR count). The molecule has 0 saturated carbocycles. The molecule has 0 aliphatic carbocycles. The summed E-state index contributed by atoms with van der Waals surface area (Å²) < 4.78 is 38.7. The lowest BCUT2D eigenvalue weighted by atomic mass is 10.0. The van der Waals surface area contributed by atoms with Gasteiger partial charge in [0, 0.05) is 37.2 Å². The zero-order valence-corrected chi connectivity index (χ0v) is 20.8. The standard InChI is InChI=1S/C29H32F2N2O4/c1-2-19-5-3-6-20(11-19)17-33(18-26(34)25(32)14-21-12-23(30)16-24(31)13-21)29(35)22-7-8-27-28(15-22)37-10-4-9-36-27/h3,5-8,11-13,15-16,25-26,34H,2,4,9-10,14,17-18,32H2,1H3/t25-,26+/m0/s1. The fraction of sp³-hybridized carbons (Fsp3) is 0.345. The molecule has 37 heavy (non-hydrogen) atoms. The molecule has 6 nitrogen and oxygen atoms in total. The highest BCUT2D eigenvalue weighted by atomic mass is 19.1. The summed E-state index contributed by atoms with van der Waals surface area (Å²) in [5.74, 6) is -0.639. The number of carbonyl (C=O) groups is 1. The molecule has 1 aliphatic heterocycles. The Morgan fingerprint density at radius 1 is 0.973 bits per heavy atom. The summed E-state index contributed by atoms with van der Waals surface area (Å²) in [5.41, 5.74) is 8.98. The largest absolute Gasteiger partial charge is 0.490 e. The molecule has 3 N–H and O–H groups in total. The van der Waals surface area contributed by atoms with Gasteiger partial charge >= 0.3 is 0 Å². The highest BCUT2D eigenvalue weighted by Gasteiger charge is 2.25. The first-order valence-corrected chi connectivity index (χ1v) is 12.5. The van der Waals surface area contributed by atoms with Gasteiger partial charge in [0.2, 0.25) is 0 Å².